The molecule has 1 aromatic heterocycles. The van der Waals surface area contributed by atoms with E-state index in [0.29, 0.717) is 0 Å². The summed E-state index contributed by atoms with van der Waals surface area (Å²) >= 11 is 1.69. The van der Waals surface area contributed by atoms with Gasteiger partial charge in [-0.25, -0.2) is 4.98 Å². The van der Waals surface area contributed by atoms with E-state index in [1.807, 2.05) is 18.5 Å². The molecular formula is C11H16N4S. The normalized spacial score (nSPS) is 19.4. The van der Waals surface area contributed by atoms with E-state index in [0.717, 1.165) is 37.9 Å². The van der Waals surface area contributed by atoms with Gasteiger partial charge in [0.1, 0.15) is 0 Å². The largest absolute Gasteiger partial charge is 0.346 e. The summed E-state index contributed by atoms with van der Waals surface area (Å²) < 4.78 is 0. The summed E-state index contributed by atoms with van der Waals surface area (Å²) in [5, 5.41) is 11.9. The lowest BCUT2D eigenvalue weighted by atomic mass is 10.2. The molecule has 1 atom stereocenters. The van der Waals surface area contributed by atoms with Crippen LogP contribution in [0.15, 0.2) is 11.6 Å². The Hall–Kier alpha value is -1.12. The van der Waals surface area contributed by atoms with E-state index < -0.39 is 0 Å². The number of hydrogen-bond acceptors (Lipinski definition) is 5. The predicted molar refractivity (Wildman–Crippen MR) is 65.5 cm³/mol. The minimum atomic E-state index is 0.131. The zero-order valence-corrected chi connectivity index (χ0v) is 10.3. The van der Waals surface area contributed by atoms with Crippen molar-refractivity contribution in [3.8, 4) is 6.07 Å². The van der Waals surface area contributed by atoms with Crippen LogP contribution in [0.1, 0.15) is 6.92 Å². The highest BCUT2D eigenvalue weighted by molar-refractivity contribution is 7.13. The van der Waals surface area contributed by atoms with Gasteiger partial charge in [-0.2, -0.15) is 5.26 Å². The molecule has 1 unspecified atom stereocenters. The van der Waals surface area contributed by atoms with E-state index in [2.05, 4.69) is 20.9 Å². The van der Waals surface area contributed by atoms with Gasteiger partial charge in [0.15, 0.2) is 5.13 Å². The van der Waals surface area contributed by atoms with Gasteiger partial charge in [0.2, 0.25) is 0 Å². The summed E-state index contributed by atoms with van der Waals surface area (Å²) in [5.41, 5.74) is 0. The fourth-order valence-electron chi connectivity index (χ4n) is 1.92. The molecule has 4 nitrogen and oxygen atoms in total. The summed E-state index contributed by atoms with van der Waals surface area (Å²) in [7, 11) is 0. The second-order valence-electron chi connectivity index (χ2n) is 4.13. The van der Waals surface area contributed by atoms with Gasteiger partial charge in [0.25, 0.3) is 0 Å². The molecule has 0 spiro atoms. The average molecular weight is 236 g/mol. The maximum Gasteiger partial charge on any atom is 0.185 e. The minimum absolute atomic E-state index is 0.131. The molecule has 0 amide bonds. The van der Waals surface area contributed by atoms with Crippen LogP contribution in [-0.4, -0.2) is 42.6 Å². The summed E-state index contributed by atoms with van der Waals surface area (Å²) in [6.07, 6.45) is 1.85. The Kier molecular flexibility index (Phi) is 3.75. The van der Waals surface area contributed by atoms with Crippen molar-refractivity contribution in [2.45, 2.75) is 6.92 Å². The molecule has 0 aliphatic carbocycles. The quantitative estimate of drug-likeness (QED) is 0.796. The van der Waals surface area contributed by atoms with Crippen LogP contribution in [0.2, 0.25) is 0 Å². The minimum Gasteiger partial charge on any atom is -0.346 e. The zero-order chi connectivity index (χ0) is 11.4. The van der Waals surface area contributed by atoms with Crippen LogP contribution in [0.25, 0.3) is 0 Å². The highest BCUT2D eigenvalue weighted by Crippen LogP contribution is 2.19. The van der Waals surface area contributed by atoms with Gasteiger partial charge in [-0.15, -0.1) is 11.3 Å². The summed E-state index contributed by atoms with van der Waals surface area (Å²) in [4.78, 5) is 8.99. The van der Waals surface area contributed by atoms with Crippen molar-refractivity contribution in [1.82, 2.24) is 9.88 Å². The van der Waals surface area contributed by atoms with Crippen molar-refractivity contribution in [2.24, 2.45) is 5.92 Å². The van der Waals surface area contributed by atoms with Crippen molar-refractivity contribution in [3.63, 3.8) is 0 Å². The van der Waals surface area contributed by atoms with E-state index in [1.54, 1.807) is 11.3 Å². The predicted octanol–water partition coefficient (Wildman–Crippen LogP) is 1.42. The Morgan fingerprint density at radius 2 is 2.25 bits per heavy atom. The molecule has 0 bridgehead atoms. The number of rotatable bonds is 3. The van der Waals surface area contributed by atoms with Crippen LogP contribution in [-0.2, 0) is 0 Å². The summed E-state index contributed by atoms with van der Waals surface area (Å²) in [6, 6.07) is 2.29. The molecule has 86 valence electrons. The van der Waals surface area contributed by atoms with E-state index in [-0.39, 0.29) is 5.92 Å². The standard InChI is InChI=1S/C11H16N4S/c1-10(8-12)9-14-3-5-15(6-4-14)11-13-2-7-16-11/h2,7,10H,3-6,9H2,1H3. The first-order valence-electron chi connectivity index (χ1n) is 5.56. The first-order valence-corrected chi connectivity index (χ1v) is 6.44. The topological polar surface area (TPSA) is 43.2 Å². The number of thiazole rings is 1. The van der Waals surface area contributed by atoms with Crippen LogP contribution < -0.4 is 4.90 Å². The van der Waals surface area contributed by atoms with E-state index in [4.69, 9.17) is 5.26 Å². The molecule has 5 heteroatoms. The highest BCUT2D eigenvalue weighted by atomic mass is 32.1. The van der Waals surface area contributed by atoms with E-state index in [9.17, 15) is 0 Å². The van der Waals surface area contributed by atoms with Crippen molar-refractivity contribution in [1.29, 1.82) is 5.26 Å². The van der Waals surface area contributed by atoms with Gasteiger partial charge < -0.3 is 4.90 Å². The van der Waals surface area contributed by atoms with Gasteiger partial charge in [-0.1, -0.05) is 0 Å². The molecule has 0 radical (unpaired) electrons. The third-order valence-corrected chi connectivity index (χ3v) is 3.65. The number of hydrogen-bond donors (Lipinski definition) is 0. The molecule has 2 rings (SSSR count). The van der Waals surface area contributed by atoms with Gasteiger partial charge in [-0.05, 0) is 6.92 Å². The van der Waals surface area contributed by atoms with Gasteiger partial charge in [-0.3, -0.25) is 4.90 Å². The lowest BCUT2D eigenvalue weighted by molar-refractivity contribution is 0.241. The lowest BCUT2D eigenvalue weighted by Crippen LogP contribution is -2.47. The molecule has 1 aromatic rings. The Morgan fingerprint density at radius 1 is 1.50 bits per heavy atom. The number of aromatic nitrogens is 1. The molecule has 1 aliphatic rings. The summed E-state index contributed by atoms with van der Waals surface area (Å²) in [5.74, 6) is 0.131. The van der Waals surface area contributed by atoms with E-state index in [1.165, 1.54) is 0 Å². The van der Waals surface area contributed by atoms with Crippen LogP contribution in [0.5, 0.6) is 0 Å². The first kappa shape index (κ1) is 11.4. The second-order valence-corrected chi connectivity index (χ2v) is 5.01. The Morgan fingerprint density at radius 3 is 2.81 bits per heavy atom. The van der Waals surface area contributed by atoms with Crippen molar-refractivity contribution in [2.75, 3.05) is 37.6 Å². The maximum atomic E-state index is 8.77. The molecule has 1 saturated heterocycles. The second kappa shape index (κ2) is 5.28. The Bertz CT molecular complexity index is 349. The third kappa shape index (κ3) is 2.71. The fourth-order valence-corrected chi connectivity index (χ4v) is 2.62. The van der Waals surface area contributed by atoms with Crippen LogP contribution in [0.4, 0.5) is 5.13 Å². The number of piperazine rings is 1. The highest BCUT2D eigenvalue weighted by Gasteiger charge is 2.19. The van der Waals surface area contributed by atoms with E-state index >= 15 is 0 Å². The van der Waals surface area contributed by atoms with Crippen molar-refractivity contribution >= 4 is 16.5 Å². The van der Waals surface area contributed by atoms with Crippen LogP contribution >= 0.6 is 11.3 Å². The lowest BCUT2D eigenvalue weighted by Gasteiger charge is -2.34. The molecular weight excluding hydrogens is 220 g/mol. The maximum absolute atomic E-state index is 8.77. The van der Waals surface area contributed by atoms with Gasteiger partial charge >= 0.3 is 0 Å². The van der Waals surface area contributed by atoms with Crippen LogP contribution in [0, 0.1) is 17.2 Å². The number of anilines is 1. The molecule has 0 aromatic carbocycles. The Labute approximate surface area is 100 Å². The molecule has 1 fully saturated rings. The first-order chi connectivity index (χ1) is 7.79. The molecule has 2 heterocycles. The third-order valence-electron chi connectivity index (χ3n) is 2.81. The molecule has 16 heavy (non-hydrogen) atoms. The number of nitrogens with zero attached hydrogens (tertiary/aromatic N) is 4. The average Bonchev–Trinajstić information content (AvgIpc) is 2.83. The monoisotopic (exact) mass is 236 g/mol. The SMILES string of the molecule is CC(C#N)CN1CCN(c2nccs2)CC1. The Balaban J connectivity index is 1.81. The zero-order valence-electron chi connectivity index (χ0n) is 9.46. The van der Waals surface area contributed by atoms with Gasteiger partial charge in [0, 0.05) is 44.3 Å². The molecule has 0 saturated carbocycles. The smallest absolute Gasteiger partial charge is 0.185 e. The van der Waals surface area contributed by atoms with Crippen molar-refractivity contribution in [3.05, 3.63) is 11.6 Å². The molecule has 0 N–H and O–H groups in total. The molecule has 1 aliphatic heterocycles. The van der Waals surface area contributed by atoms with Gasteiger partial charge in [0.05, 0.1) is 12.0 Å². The number of nitriles is 1. The summed E-state index contributed by atoms with van der Waals surface area (Å²) in [6.45, 7) is 6.98. The van der Waals surface area contributed by atoms with Crippen LogP contribution in [0.3, 0.4) is 0 Å². The van der Waals surface area contributed by atoms with Crippen molar-refractivity contribution < 1.29 is 0 Å². The fraction of sp³-hybridized carbons (Fsp3) is 0.636.